The molecule has 2 nitrogen and oxygen atoms in total. The molecule has 0 fully saturated rings. The number of rotatable bonds is 2. The van der Waals surface area contributed by atoms with Crippen LogP contribution in [-0.4, -0.2) is 5.91 Å². The smallest absolute Gasteiger partial charge is 0.255 e. The first-order chi connectivity index (χ1) is 8.99. The molecule has 98 valence electrons. The van der Waals surface area contributed by atoms with Crippen LogP contribution in [0.25, 0.3) is 0 Å². The maximum absolute atomic E-state index is 12.2. The predicted molar refractivity (Wildman–Crippen MR) is 83.0 cm³/mol. The van der Waals surface area contributed by atoms with Crippen LogP contribution in [0.4, 0.5) is 5.69 Å². The lowest BCUT2D eigenvalue weighted by Crippen LogP contribution is -2.13. The van der Waals surface area contributed by atoms with Crippen LogP contribution in [0.1, 0.15) is 21.5 Å². The lowest BCUT2D eigenvalue weighted by Gasteiger charge is -2.11. The highest BCUT2D eigenvalue weighted by molar-refractivity contribution is 9.10. The summed E-state index contributed by atoms with van der Waals surface area (Å²) in [5.41, 5.74) is 3.47. The van der Waals surface area contributed by atoms with Crippen molar-refractivity contribution in [2.45, 2.75) is 13.8 Å². The van der Waals surface area contributed by atoms with Gasteiger partial charge in [0.1, 0.15) is 0 Å². The van der Waals surface area contributed by atoms with Crippen LogP contribution in [-0.2, 0) is 0 Å². The number of benzene rings is 2. The summed E-state index contributed by atoms with van der Waals surface area (Å²) in [7, 11) is 0. The maximum atomic E-state index is 12.2. The van der Waals surface area contributed by atoms with Gasteiger partial charge in [-0.05, 0) is 59.1 Å². The van der Waals surface area contributed by atoms with E-state index in [1.54, 1.807) is 18.2 Å². The molecular weight excluding hydrogens is 326 g/mol. The Kier molecular flexibility index (Phi) is 4.27. The van der Waals surface area contributed by atoms with Crippen LogP contribution < -0.4 is 5.32 Å². The molecule has 1 N–H and O–H groups in total. The van der Waals surface area contributed by atoms with Gasteiger partial charge in [-0.25, -0.2) is 0 Å². The van der Waals surface area contributed by atoms with Crippen molar-refractivity contribution in [3.63, 3.8) is 0 Å². The van der Waals surface area contributed by atoms with Crippen LogP contribution in [0, 0.1) is 13.8 Å². The molecule has 0 aliphatic rings. The number of carbonyl (C=O) groups is 1. The highest BCUT2D eigenvalue weighted by atomic mass is 79.9. The normalized spacial score (nSPS) is 10.3. The van der Waals surface area contributed by atoms with Crippen LogP contribution in [0.5, 0.6) is 0 Å². The standard InChI is InChI=1S/C15H13BrClNO/c1-9-4-3-5-10(2)14(9)18-15(19)11-6-7-12(16)13(17)8-11/h3-8H,1-2H3,(H,18,19). The Morgan fingerprint density at radius 1 is 1.16 bits per heavy atom. The minimum atomic E-state index is -0.160. The van der Waals surface area contributed by atoms with Crippen molar-refractivity contribution in [3.05, 3.63) is 62.6 Å². The Balaban J connectivity index is 2.28. The number of hydrogen-bond donors (Lipinski definition) is 1. The molecule has 0 saturated carbocycles. The average Bonchev–Trinajstić information content (AvgIpc) is 2.37. The van der Waals surface area contributed by atoms with E-state index in [1.807, 2.05) is 32.0 Å². The van der Waals surface area contributed by atoms with E-state index in [0.717, 1.165) is 21.3 Å². The van der Waals surface area contributed by atoms with Crippen LogP contribution in [0.2, 0.25) is 5.02 Å². The van der Waals surface area contributed by atoms with Crippen LogP contribution in [0.3, 0.4) is 0 Å². The monoisotopic (exact) mass is 337 g/mol. The van der Waals surface area contributed by atoms with Crippen molar-refractivity contribution in [1.82, 2.24) is 0 Å². The third-order valence-corrected chi connectivity index (χ3v) is 4.13. The first kappa shape index (κ1) is 14.1. The fourth-order valence-corrected chi connectivity index (χ4v) is 2.26. The summed E-state index contributed by atoms with van der Waals surface area (Å²) >= 11 is 9.30. The molecule has 0 spiro atoms. The van der Waals surface area contributed by atoms with E-state index in [4.69, 9.17) is 11.6 Å². The summed E-state index contributed by atoms with van der Waals surface area (Å²) < 4.78 is 0.776. The van der Waals surface area contributed by atoms with Crippen molar-refractivity contribution in [2.75, 3.05) is 5.32 Å². The molecule has 4 heteroatoms. The number of hydrogen-bond acceptors (Lipinski definition) is 1. The SMILES string of the molecule is Cc1cccc(C)c1NC(=O)c1ccc(Br)c(Cl)c1. The Morgan fingerprint density at radius 3 is 2.37 bits per heavy atom. The topological polar surface area (TPSA) is 29.1 Å². The average molecular weight is 339 g/mol. The van der Waals surface area contributed by atoms with E-state index in [1.165, 1.54) is 0 Å². The van der Waals surface area contributed by atoms with Gasteiger partial charge in [0.05, 0.1) is 5.02 Å². The predicted octanol–water partition coefficient (Wildman–Crippen LogP) is 4.97. The van der Waals surface area contributed by atoms with Gasteiger partial charge in [0, 0.05) is 15.7 Å². The number of nitrogens with one attached hydrogen (secondary N) is 1. The molecular formula is C15H13BrClNO. The Hall–Kier alpha value is -1.32. The molecule has 1 amide bonds. The van der Waals surface area contributed by atoms with E-state index >= 15 is 0 Å². The fourth-order valence-electron chi connectivity index (χ4n) is 1.83. The Bertz CT molecular complexity index is 620. The third-order valence-electron chi connectivity index (χ3n) is 2.90. The molecule has 0 radical (unpaired) electrons. The highest BCUT2D eigenvalue weighted by Gasteiger charge is 2.10. The van der Waals surface area contributed by atoms with Gasteiger partial charge >= 0.3 is 0 Å². The molecule has 0 atom stereocenters. The minimum Gasteiger partial charge on any atom is -0.322 e. The highest BCUT2D eigenvalue weighted by Crippen LogP contribution is 2.25. The van der Waals surface area contributed by atoms with E-state index in [2.05, 4.69) is 21.2 Å². The molecule has 19 heavy (non-hydrogen) atoms. The molecule has 0 saturated heterocycles. The van der Waals surface area contributed by atoms with Gasteiger partial charge in [-0.3, -0.25) is 4.79 Å². The second kappa shape index (κ2) is 5.76. The van der Waals surface area contributed by atoms with E-state index in [0.29, 0.717) is 10.6 Å². The van der Waals surface area contributed by atoms with Crippen LogP contribution in [0.15, 0.2) is 40.9 Å². The molecule has 2 rings (SSSR count). The van der Waals surface area contributed by atoms with Crippen molar-refractivity contribution >= 4 is 39.1 Å². The molecule has 0 aromatic heterocycles. The van der Waals surface area contributed by atoms with Gasteiger partial charge in [0.2, 0.25) is 0 Å². The van der Waals surface area contributed by atoms with Crippen molar-refractivity contribution < 1.29 is 4.79 Å². The molecule has 0 heterocycles. The van der Waals surface area contributed by atoms with Gasteiger partial charge in [-0.2, -0.15) is 0 Å². The lowest BCUT2D eigenvalue weighted by atomic mass is 10.1. The lowest BCUT2D eigenvalue weighted by molar-refractivity contribution is 0.102. The quantitative estimate of drug-likeness (QED) is 0.823. The van der Waals surface area contributed by atoms with Crippen LogP contribution >= 0.6 is 27.5 Å². The van der Waals surface area contributed by atoms with Crippen molar-refractivity contribution in [3.8, 4) is 0 Å². The molecule has 2 aromatic carbocycles. The summed E-state index contributed by atoms with van der Waals surface area (Å²) in [5.74, 6) is -0.160. The number of para-hydroxylation sites is 1. The number of carbonyl (C=O) groups excluding carboxylic acids is 1. The second-order valence-corrected chi connectivity index (χ2v) is 5.61. The van der Waals surface area contributed by atoms with Gasteiger partial charge in [0.15, 0.2) is 0 Å². The van der Waals surface area contributed by atoms with Gasteiger partial charge in [-0.1, -0.05) is 29.8 Å². The number of aryl methyl sites for hydroxylation is 2. The first-order valence-corrected chi connectivity index (χ1v) is 6.99. The van der Waals surface area contributed by atoms with Gasteiger partial charge < -0.3 is 5.32 Å². The number of amides is 1. The summed E-state index contributed by atoms with van der Waals surface area (Å²) in [6.07, 6.45) is 0. The maximum Gasteiger partial charge on any atom is 0.255 e. The zero-order chi connectivity index (χ0) is 14.0. The fraction of sp³-hybridized carbons (Fsp3) is 0.133. The Labute approximate surface area is 125 Å². The Morgan fingerprint density at radius 2 is 1.79 bits per heavy atom. The molecule has 2 aromatic rings. The zero-order valence-electron chi connectivity index (χ0n) is 10.6. The van der Waals surface area contributed by atoms with Gasteiger partial charge in [-0.15, -0.1) is 0 Å². The van der Waals surface area contributed by atoms with Gasteiger partial charge in [0.25, 0.3) is 5.91 Å². The summed E-state index contributed by atoms with van der Waals surface area (Å²) in [6.45, 7) is 3.94. The summed E-state index contributed by atoms with van der Waals surface area (Å²) in [6, 6.07) is 11.1. The molecule has 0 aliphatic heterocycles. The van der Waals surface area contributed by atoms with E-state index in [-0.39, 0.29) is 5.91 Å². The first-order valence-electron chi connectivity index (χ1n) is 5.81. The summed E-state index contributed by atoms with van der Waals surface area (Å²) in [5, 5.41) is 3.45. The molecule has 0 bridgehead atoms. The summed E-state index contributed by atoms with van der Waals surface area (Å²) in [4.78, 5) is 12.2. The van der Waals surface area contributed by atoms with Crippen molar-refractivity contribution in [1.29, 1.82) is 0 Å². The molecule has 0 unspecified atom stereocenters. The zero-order valence-corrected chi connectivity index (χ0v) is 13.0. The van der Waals surface area contributed by atoms with E-state index in [9.17, 15) is 4.79 Å². The third kappa shape index (κ3) is 3.17. The van der Waals surface area contributed by atoms with Crippen molar-refractivity contribution in [2.24, 2.45) is 0 Å². The second-order valence-electron chi connectivity index (χ2n) is 4.35. The van der Waals surface area contributed by atoms with E-state index < -0.39 is 0 Å². The largest absolute Gasteiger partial charge is 0.322 e. The number of halogens is 2. The molecule has 0 aliphatic carbocycles. The minimum absolute atomic E-state index is 0.160. The number of anilines is 1.